The number of ether oxygens (including phenoxy) is 1. The van der Waals surface area contributed by atoms with Crippen LogP contribution in [0.5, 0.6) is 5.75 Å². The Morgan fingerprint density at radius 1 is 1.04 bits per heavy atom. The Morgan fingerprint density at radius 3 is 2.84 bits per heavy atom. The molecular formula is C22H26N2O. The molecule has 0 N–H and O–H groups in total. The van der Waals surface area contributed by atoms with Crippen LogP contribution in [-0.4, -0.2) is 35.1 Å². The van der Waals surface area contributed by atoms with Gasteiger partial charge in [0.25, 0.3) is 0 Å². The number of fused-ring (bicyclic) bond motifs is 2. The van der Waals surface area contributed by atoms with Crippen LogP contribution in [0.25, 0.3) is 0 Å². The van der Waals surface area contributed by atoms with E-state index in [1.807, 2.05) is 6.20 Å². The summed E-state index contributed by atoms with van der Waals surface area (Å²) in [5.41, 5.74) is 4.47. The molecule has 1 saturated heterocycles. The fourth-order valence-electron chi connectivity index (χ4n) is 4.98. The number of aromatic nitrogens is 1. The van der Waals surface area contributed by atoms with Gasteiger partial charge in [0.15, 0.2) is 0 Å². The number of para-hydroxylation sites is 1. The lowest BCUT2D eigenvalue weighted by atomic mass is 9.83. The first kappa shape index (κ1) is 15.4. The van der Waals surface area contributed by atoms with Gasteiger partial charge in [0.2, 0.25) is 0 Å². The van der Waals surface area contributed by atoms with E-state index < -0.39 is 0 Å². The first-order valence-corrected chi connectivity index (χ1v) is 9.73. The van der Waals surface area contributed by atoms with Crippen LogP contribution in [-0.2, 0) is 12.8 Å². The summed E-state index contributed by atoms with van der Waals surface area (Å²) in [6, 6.07) is 10.8. The maximum absolute atomic E-state index is 6.50. The molecule has 1 aliphatic carbocycles. The number of nitrogens with zero attached hydrogens (tertiary/aromatic N) is 2. The van der Waals surface area contributed by atoms with E-state index in [2.05, 4.69) is 46.4 Å². The minimum absolute atomic E-state index is 0.0857. The Bertz CT molecular complexity index is 764. The van der Waals surface area contributed by atoms with Crippen molar-refractivity contribution >= 4 is 0 Å². The van der Waals surface area contributed by atoms with E-state index in [0.717, 1.165) is 18.6 Å². The molecule has 3 heterocycles. The molecule has 1 unspecified atom stereocenters. The molecule has 0 radical (unpaired) electrons. The number of piperidine rings is 1. The van der Waals surface area contributed by atoms with Crippen LogP contribution in [0.3, 0.4) is 0 Å². The summed E-state index contributed by atoms with van der Waals surface area (Å²) in [6.07, 6.45) is 11.2. The largest absolute Gasteiger partial charge is 0.487 e. The van der Waals surface area contributed by atoms with Gasteiger partial charge in [-0.25, -0.2) is 0 Å². The van der Waals surface area contributed by atoms with Crippen LogP contribution >= 0.6 is 0 Å². The second kappa shape index (κ2) is 6.14. The lowest BCUT2D eigenvalue weighted by molar-refractivity contribution is -0.0156. The van der Waals surface area contributed by atoms with Gasteiger partial charge < -0.3 is 9.64 Å². The fraction of sp³-hybridized carbons (Fsp3) is 0.500. The third-order valence-electron chi connectivity index (χ3n) is 6.54. The standard InChI is InChI=1S/C22H26N2O/c1-2-4-21-17(3-1)7-9-22(25-21)10-13-24(14-11-22)16-19-6-5-18-15-23-12-8-20(18)19/h1-4,8,12,15,19H,5-7,9-11,13-14,16H2. The quantitative estimate of drug-likeness (QED) is 0.831. The molecule has 1 spiro atoms. The predicted molar refractivity (Wildman–Crippen MR) is 99.1 cm³/mol. The smallest absolute Gasteiger partial charge is 0.123 e. The number of hydrogen-bond acceptors (Lipinski definition) is 3. The molecule has 3 nitrogen and oxygen atoms in total. The van der Waals surface area contributed by atoms with Gasteiger partial charge in [-0.05, 0) is 73.3 Å². The van der Waals surface area contributed by atoms with E-state index in [9.17, 15) is 0 Å². The Kier molecular flexibility index (Phi) is 3.78. The average Bonchev–Trinajstić information content (AvgIpc) is 3.07. The van der Waals surface area contributed by atoms with Crippen molar-refractivity contribution in [2.24, 2.45) is 0 Å². The van der Waals surface area contributed by atoms with Crippen LogP contribution in [0, 0.1) is 0 Å². The first-order chi connectivity index (χ1) is 12.3. The number of rotatable bonds is 2. The fourth-order valence-corrected chi connectivity index (χ4v) is 4.98. The number of pyridine rings is 1. The summed E-state index contributed by atoms with van der Waals surface area (Å²) in [5.74, 6) is 1.82. The van der Waals surface area contributed by atoms with Crippen LogP contribution in [0.2, 0.25) is 0 Å². The normalized spacial score (nSPS) is 24.6. The third-order valence-corrected chi connectivity index (χ3v) is 6.54. The SMILES string of the molecule is c1ccc2c(c1)CCC1(CCN(CC3CCc4cnccc43)CC1)O2. The highest BCUT2D eigenvalue weighted by Crippen LogP contribution is 2.40. The van der Waals surface area contributed by atoms with E-state index in [-0.39, 0.29) is 5.60 Å². The van der Waals surface area contributed by atoms with Crippen molar-refractivity contribution in [2.45, 2.75) is 50.0 Å². The van der Waals surface area contributed by atoms with Crippen LogP contribution in [0.4, 0.5) is 0 Å². The lowest BCUT2D eigenvalue weighted by Gasteiger charge is -2.45. The molecule has 0 amide bonds. The molecule has 5 rings (SSSR count). The summed E-state index contributed by atoms with van der Waals surface area (Å²) >= 11 is 0. The zero-order valence-electron chi connectivity index (χ0n) is 14.8. The highest BCUT2D eigenvalue weighted by Gasteiger charge is 2.39. The van der Waals surface area contributed by atoms with Gasteiger partial charge in [0.1, 0.15) is 11.4 Å². The number of benzene rings is 1. The number of likely N-dealkylation sites (tertiary alicyclic amines) is 1. The molecule has 3 heteroatoms. The van der Waals surface area contributed by atoms with Crippen LogP contribution in [0.15, 0.2) is 42.7 Å². The van der Waals surface area contributed by atoms with Gasteiger partial charge in [-0.15, -0.1) is 0 Å². The van der Waals surface area contributed by atoms with Crippen LogP contribution in [0.1, 0.15) is 48.3 Å². The Labute approximate surface area is 150 Å². The van der Waals surface area contributed by atoms with Crippen molar-refractivity contribution in [1.82, 2.24) is 9.88 Å². The van der Waals surface area contributed by atoms with E-state index in [0.29, 0.717) is 5.92 Å². The second-order valence-corrected chi connectivity index (χ2v) is 8.00. The molecule has 1 aromatic carbocycles. The van der Waals surface area contributed by atoms with Crippen molar-refractivity contribution < 1.29 is 4.74 Å². The second-order valence-electron chi connectivity index (χ2n) is 8.00. The number of hydrogen-bond donors (Lipinski definition) is 0. The highest BCUT2D eigenvalue weighted by molar-refractivity contribution is 5.36. The topological polar surface area (TPSA) is 25.4 Å². The molecule has 2 aliphatic heterocycles. The van der Waals surface area contributed by atoms with Gasteiger partial charge in [-0.3, -0.25) is 4.98 Å². The third kappa shape index (κ3) is 2.85. The molecule has 0 saturated carbocycles. The lowest BCUT2D eigenvalue weighted by Crippen LogP contribution is -2.50. The van der Waals surface area contributed by atoms with Crippen molar-refractivity contribution in [3.8, 4) is 5.75 Å². The molecule has 25 heavy (non-hydrogen) atoms. The molecule has 1 fully saturated rings. The summed E-state index contributed by atoms with van der Waals surface area (Å²) in [4.78, 5) is 6.94. The Morgan fingerprint density at radius 2 is 1.92 bits per heavy atom. The van der Waals surface area contributed by atoms with Gasteiger partial charge in [0, 0.05) is 32.0 Å². The molecule has 130 valence electrons. The molecule has 0 bridgehead atoms. The van der Waals surface area contributed by atoms with Crippen LogP contribution < -0.4 is 4.74 Å². The van der Waals surface area contributed by atoms with E-state index in [1.54, 1.807) is 0 Å². The summed E-state index contributed by atoms with van der Waals surface area (Å²) in [5, 5.41) is 0. The highest BCUT2D eigenvalue weighted by atomic mass is 16.5. The summed E-state index contributed by atoms with van der Waals surface area (Å²) in [7, 11) is 0. The maximum Gasteiger partial charge on any atom is 0.123 e. The zero-order valence-corrected chi connectivity index (χ0v) is 14.8. The van der Waals surface area contributed by atoms with Gasteiger partial charge >= 0.3 is 0 Å². The molecular weight excluding hydrogens is 308 g/mol. The number of aryl methyl sites for hydroxylation is 2. The van der Waals surface area contributed by atoms with E-state index in [1.165, 1.54) is 62.0 Å². The molecule has 3 aliphatic rings. The van der Waals surface area contributed by atoms with Crippen molar-refractivity contribution in [3.63, 3.8) is 0 Å². The Hall–Kier alpha value is -1.87. The zero-order chi connectivity index (χ0) is 16.7. The van der Waals surface area contributed by atoms with Crippen molar-refractivity contribution in [2.75, 3.05) is 19.6 Å². The summed E-state index contributed by atoms with van der Waals surface area (Å²) < 4.78 is 6.50. The first-order valence-electron chi connectivity index (χ1n) is 9.73. The van der Waals surface area contributed by atoms with E-state index >= 15 is 0 Å². The molecule has 2 aromatic rings. The Balaban J connectivity index is 1.23. The monoisotopic (exact) mass is 334 g/mol. The van der Waals surface area contributed by atoms with Gasteiger partial charge in [-0.1, -0.05) is 18.2 Å². The van der Waals surface area contributed by atoms with Gasteiger partial charge in [-0.2, -0.15) is 0 Å². The predicted octanol–water partition coefficient (Wildman–Crippen LogP) is 3.97. The summed E-state index contributed by atoms with van der Waals surface area (Å²) in [6.45, 7) is 3.53. The van der Waals surface area contributed by atoms with E-state index in [4.69, 9.17) is 4.74 Å². The van der Waals surface area contributed by atoms with Crippen molar-refractivity contribution in [1.29, 1.82) is 0 Å². The molecule has 1 atom stereocenters. The minimum Gasteiger partial charge on any atom is -0.487 e. The molecule has 1 aromatic heterocycles. The average molecular weight is 334 g/mol. The van der Waals surface area contributed by atoms with Crippen molar-refractivity contribution in [3.05, 3.63) is 59.4 Å². The maximum atomic E-state index is 6.50. The minimum atomic E-state index is 0.0857. The van der Waals surface area contributed by atoms with Gasteiger partial charge in [0.05, 0.1) is 0 Å².